The summed E-state index contributed by atoms with van der Waals surface area (Å²) in [5.74, 6) is 0.692. The molecule has 6 nitrogen and oxygen atoms in total. The number of hydrogen-bond acceptors (Lipinski definition) is 4. The largest absolute Gasteiger partial charge is 0.497 e. The lowest BCUT2D eigenvalue weighted by molar-refractivity contribution is -0.134. The first-order chi connectivity index (χ1) is 12.1. The number of ether oxygens (including phenoxy) is 2. The van der Waals surface area contributed by atoms with E-state index in [0.29, 0.717) is 19.8 Å². The minimum absolute atomic E-state index is 0.0822. The first kappa shape index (κ1) is 17.2. The molecule has 0 spiro atoms. The predicted octanol–water partition coefficient (Wildman–Crippen LogP) is 2.58. The third kappa shape index (κ3) is 3.17. The SMILES string of the molecule is C=CC(=O)N1CCOC[C@H]1c1c(C)nn(-c2cccc(OC)c2)c1C. The molecule has 1 amide bonds. The molecule has 25 heavy (non-hydrogen) atoms. The summed E-state index contributed by atoms with van der Waals surface area (Å²) in [6.45, 7) is 9.15. The number of aromatic nitrogens is 2. The highest BCUT2D eigenvalue weighted by atomic mass is 16.5. The smallest absolute Gasteiger partial charge is 0.246 e. The average molecular weight is 341 g/mol. The third-order valence-corrected chi connectivity index (χ3v) is 4.56. The molecule has 1 aliphatic rings. The van der Waals surface area contributed by atoms with Crippen molar-refractivity contribution in [3.63, 3.8) is 0 Å². The van der Waals surface area contributed by atoms with Crippen LogP contribution in [-0.2, 0) is 9.53 Å². The zero-order valence-corrected chi connectivity index (χ0v) is 14.9. The Labute approximate surface area is 147 Å². The van der Waals surface area contributed by atoms with Gasteiger partial charge in [0.25, 0.3) is 0 Å². The molecule has 0 saturated carbocycles. The van der Waals surface area contributed by atoms with Gasteiger partial charge in [0.2, 0.25) is 5.91 Å². The van der Waals surface area contributed by atoms with Gasteiger partial charge in [0.05, 0.1) is 37.7 Å². The first-order valence-electron chi connectivity index (χ1n) is 8.28. The molecule has 1 aromatic heterocycles. The van der Waals surface area contributed by atoms with Gasteiger partial charge in [-0.05, 0) is 32.1 Å². The first-order valence-corrected chi connectivity index (χ1v) is 8.28. The number of morpholine rings is 1. The van der Waals surface area contributed by atoms with E-state index in [1.807, 2.05) is 47.7 Å². The van der Waals surface area contributed by atoms with E-state index < -0.39 is 0 Å². The molecular weight excluding hydrogens is 318 g/mol. The molecule has 1 fully saturated rings. The van der Waals surface area contributed by atoms with Crippen molar-refractivity contribution in [1.29, 1.82) is 0 Å². The monoisotopic (exact) mass is 341 g/mol. The molecule has 132 valence electrons. The number of hydrogen-bond donors (Lipinski definition) is 0. The number of carbonyl (C=O) groups is 1. The number of methoxy groups -OCH3 is 1. The van der Waals surface area contributed by atoms with E-state index in [1.54, 1.807) is 7.11 Å². The maximum Gasteiger partial charge on any atom is 0.246 e. The normalized spacial score (nSPS) is 17.4. The third-order valence-electron chi connectivity index (χ3n) is 4.56. The van der Waals surface area contributed by atoms with E-state index in [2.05, 4.69) is 6.58 Å². The summed E-state index contributed by atoms with van der Waals surface area (Å²) < 4.78 is 12.8. The van der Waals surface area contributed by atoms with Crippen LogP contribution in [0.25, 0.3) is 5.69 Å². The number of benzene rings is 1. The molecule has 3 rings (SSSR count). The van der Waals surface area contributed by atoms with Gasteiger partial charge >= 0.3 is 0 Å². The van der Waals surface area contributed by atoms with Gasteiger partial charge in [0.15, 0.2) is 0 Å². The minimum Gasteiger partial charge on any atom is -0.497 e. The molecule has 1 aliphatic heterocycles. The molecule has 0 unspecified atom stereocenters. The maximum absolute atomic E-state index is 12.2. The lowest BCUT2D eigenvalue weighted by atomic mass is 10.0. The van der Waals surface area contributed by atoms with Crippen LogP contribution < -0.4 is 4.74 Å². The van der Waals surface area contributed by atoms with Crippen molar-refractivity contribution in [2.45, 2.75) is 19.9 Å². The van der Waals surface area contributed by atoms with Gasteiger partial charge in [0.1, 0.15) is 5.75 Å². The van der Waals surface area contributed by atoms with Crippen molar-refractivity contribution in [3.05, 3.63) is 53.9 Å². The van der Waals surface area contributed by atoms with Gasteiger partial charge in [-0.25, -0.2) is 4.68 Å². The molecule has 0 aliphatic carbocycles. The summed E-state index contributed by atoms with van der Waals surface area (Å²) in [5, 5.41) is 4.69. The standard InChI is InChI=1S/C19H23N3O3/c1-5-18(23)21-9-10-25-12-17(21)19-13(2)20-22(14(19)3)15-7-6-8-16(11-15)24-4/h5-8,11,17H,1,9-10,12H2,2-4H3/t17-/m0/s1. The van der Waals surface area contributed by atoms with Gasteiger partial charge in [-0.3, -0.25) is 4.79 Å². The van der Waals surface area contributed by atoms with Crippen LogP contribution in [-0.4, -0.2) is 47.5 Å². The van der Waals surface area contributed by atoms with Crippen LogP contribution in [0.2, 0.25) is 0 Å². The Morgan fingerprint density at radius 2 is 2.24 bits per heavy atom. The van der Waals surface area contributed by atoms with Crippen LogP contribution in [0, 0.1) is 13.8 Å². The van der Waals surface area contributed by atoms with Crippen molar-refractivity contribution in [3.8, 4) is 11.4 Å². The molecular formula is C19H23N3O3. The lowest BCUT2D eigenvalue weighted by Crippen LogP contribution is -2.43. The fourth-order valence-corrected chi connectivity index (χ4v) is 3.35. The topological polar surface area (TPSA) is 56.6 Å². The second kappa shape index (κ2) is 7.11. The van der Waals surface area contributed by atoms with Gasteiger partial charge in [0, 0.05) is 23.9 Å². The molecule has 1 atom stereocenters. The number of aryl methyl sites for hydroxylation is 1. The maximum atomic E-state index is 12.2. The number of nitrogens with zero attached hydrogens (tertiary/aromatic N) is 3. The van der Waals surface area contributed by atoms with Crippen molar-refractivity contribution in [1.82, 2.24) is 14.7 Å². The van der Waals surface area contributed by atoms with E-state index in [1.165, 1.54) is 6.08 Å². The van der Waals surface area contributed by atoms with E-state index in [-0.39, 0.29) is 11.9 Å². The van der Waals surface area contributed by atoms with E-state index in [9.17, 15) is 4.79 Å². The fraction of sp³-hybridized carbons (Fsp3) is 0.368. The highest BCUT2D eigenvalue weighted by Crippen LogP contribution is 2.31. The zero-order chi connectivity index (χ0) is 18.0. The van der Waals surface area contributed by atoms with E-state index >= 15 is 0 Å². The summed E-state index contributed by atoms with van der Waals surface area (Å²) in [5.41, 5.74) is 3.82. The molecule has 0 N–H and O–H groups in total. The Kier molecular flexibility index (Phi) is 4.90. The van der Waals surface area contributed by atoms with Gasteiger partial charge < -0.3 is 14.4 Å². The summed E-state index contributed by atoms with van der Waals surface area (Å²) >= 11 is 0. The molecule has 0 bridgehead atoms. The fourth-order valence-electron chi connectivity index (χ4n) is 3.35. The number of amides is 1. The number of rotatable bonds is 4. The van der Waals surface area contributed by atoms with Crippen molar-refractivity contribution in [2.75, 3.05) is 26.9 Å². The van der Waals surface area contributed by atoms with Crippen molar-refractivity contribution < 1.29 is 14.3 Å². The number of carbonyl (C=O) groups excluding carboxylic acids is 1. The highest BCUT2D eigenvalue weighted by Gasteiger charge is 2.31. The molecule has 1 saturated heterocycles. The van der Waals surface area contributed by atoms with Crippen LogP contribution >= 0.6 is 0 Å². The Bertz CT molecular complexity index is 797. The summed E-state index contributed by atoms with van der Waals surface area (Å²) in [6, 6.07) is 7.60. The van der Waals surface area contributed by atoms with Crippen LogP contribution in [0.5, 0.6) is 5.75 Å². The van der Waals surface area contributed by atoms with Crippen molar-refractivity contribution in [2.24, 2.45) is 0 Å². The molecule has 0 radical (unpaired) electrons. The lowest BCUT2D eigenvalue weighted by Gasteiger charge is -2.35. The van der Waals surface area contributed by atoms with Crippen LogP contribution in [0.1, 0.15) is 23.0 Å². The molecule has 1 aromatic carbocycles. The Morgan fingerprint density at radius 1 is 1.44 bits per heavy atom. The summed E-state index contributed by atoms with van der Waals surface area (Å²) in [6.07, 6.45) is 1.36. The minimum atomic E-state index is -0.154. The van der Waals surface area contributed by atoms with Gasteiger partial charge in [-0.1, -0.05) is 12.6 Å². The Hall–Kier alpha value is -2.60. The predicted molar refractivity (Wildman–Crippen MR) is 95.1 cm³/mol. The quantitative estimate of drug-likeness (QED) is 0.802. The second-order valence-corrected chi connectivity index (χ2v) is 6.02. The van der Waals surface area contributed by atoms with Gasteiger partial charge in [-0.15, -0.1) is 0 Å². The van der Waals surface area contributed by atoms with Crippen LogP contribution in [0.3, 0.4) is 0 Å². The van der Waals surface area contributed by atoms with Crippen molar-refractivity contribution >= 4 is 5.91 Å². The Morgan fingerprint density at radius 3 is 2.96 bits per heavy atom. The highest BCUT2D eigenvalue weighted by molar-refractivity contribution is 5.87. The molecule has 2 aromatic rings. The van der Waals surface area contributed by atoms with Crippen LogP contribution in [0.15, 0.2) is 36.9 Å². The summed E-state index contributed by atoms with van der Waals surface area (Å²) in [7, 11) is 1.64. The van der Waals surface area contributed by atoms with Gasteiger partial charge in [-0.2, -0.15) is 5.10 Å². The summed E-state index contributed by atoms with van der Waals surface area (Å²) in [4.78, 5) is 14.1. The molecule has 6 heteroatoms. The zero-order valence-electron chi connectivity index (χ0n) is 14.9. The second-order valence-electron chi connectivity index (χ2n) is 6.02. The molecule has 2 heterocycles. The average Bonchev–Trinajstić information content (AvgIpc) is 2.95. The Balaban J connectivity index is 2.04. The van der Waals surface area contributed by atoms with Crippen LogP contribution in [0.4, 0.5) is 0 Å². The van der Waals surface area contributed by atoms with E-state index in [0.717, 1.165) is 28.4 Å². The van der Waals surface area contributed by atoms with E-state index in [4.69, 9.17) is 14.6 Å².